The molecule has 0 aliphatic carbocycles. The molecular formula is C22H26N2O4. The maximum Gasteiger partial charge on any atom is 0.241 e. The second kappa shape index (κ2) is 8.44. The summed E-state index contributed by atoms with van der Waals surface area (Å²) in [6.45, 7) is 4.86. The highest BCUT2D eigenvalue weighted by Crippen LogP contribution is 2.33. The van der Waals surface area contributed by atoms with Gasteiger partial charge in [0, 0.05) is 24.3 Å². The molecule has 0 fully saturated rings. The van der Waals surface area contributed by atoms with Gasteiger partial charge in [-0.05, 0) is 55.7 Å². The molecular weight excluding hydrogens is 356 g/mol. The van der Waals surface area contributed by atoms with Crippen molar-refractivity contribution >= 4 is 17.4 Å². The lowest BCUT2D eigenvalue weighted by molar-refractivity contribution is -0.121. The number of benzene rings is 2. The van der Waals surface area contributed by atoms with Crippen molar-refractivity contribution in [3.05, 3.63) is 53.1 Å². The maximum atomic E-state index is 12.7. The van der Waals surface area contributed by atoms with Gasteiger partial charge in [-0.2, -0.15) is 0 Å². The lowest BCUT2D eigenvalue weighted by Gasteiger charge is -2.33. The molecule has 0 radical (unpaired) electrons. The second-order valence-electron chi connectivity index (χ2n) is 7.00. The molecule has 0 aromatic heterocycles. The van der Waals surface area contributed by atoms with Gasteiger partial charge in [0.05, 0.1) is 20.3 Å². The Balaban J connectivity index is 1.71. The average molecular weight is 382 g/mol. The van der Waals surface area contributed by atoms with Gasteiger partial charge < -0.3 is 14.8 Å². The fraction of sp³-hybridized carbons (Fsp3) is 0.364. The van der Waals surface area contributed by atoms with Gasteiger partial charge >= 0.3 is 0 Å². The molecule has 1 heterocycles. The first-order chi connectivity index (χ1) is 13.4. The third-order valence-electron chi connectivity index (χ3n) is 5.21. The second-order valence-corrected chi connectivity index (χ2v) is 7.00. The minimum atomic E-state index is -0.303. The van der Waals surface area contributed by atoms with Crippen molar-refractivity contribution in [2.24, 2.45) is 0 Å². The maximum absolute atomic E-state index is 12.7. The number of rotatable bonds is 6. The number of amides is 1. The van der Waals surface area contributed by atoms with E-state index >= 15 is 0 Å². The molecule has 0 bridgehead atoms. The quantitative estimate of drug-likeness (QED) is 0.777. The molecule has 1 aliphatic rings. The van der Waals surface area contributed by atoms with Crippen LogP contribution in [0.1, 0.15) is 35.3 Å². The Morgan fingerprint density at radius 2 is 1.75 bits per heavy atom. The van der Waals surface area contributed by atoms with E-state index < -0.39 is 0 Å². The summed E-state index contributed by atoms with van der Waals surface area (Å²) < 4.78 is 10.8. The molecule has 1 atom stereocenters. The van der Waals surface area contributed by atoms with Crippen molar-refractivity contribution in [2.45, 2.75) is 32.9 Å². The first kappa shape index (κ1) is 19.9. The molecule has 1 amide bonds. The normalized spacial score (nSPS) is 14.7. The lowest BCUT2D eigenvalue weighted by atomic mass is 9.97. The van der Waals surface area contributed by atoms with E-state index in [1.807, 2.05) is 19.1 Å². The summed E-state index contributed by atoms with van der Waals surface area (Å²) in [5.74, 6) is 1.30. The molecule has 0 unspecified atom stereocenters. The predicted octanol–water partition coefficient (Wildman–Crippen LogP) is 3.29. The number of fused-ring (bicyclic) bond motifs is 1. The van der Waals surface area contributed by atoms with Gasteiger partial charge in [-0.25, -0.2) is 0 Å². The van der Waals surface area contributed by atoms with E-state index in [2.05, 4.69) is 10.2 Å². The van der Waals surface area contributed by atoms with Gasteiger partial charge in [0.1, 0.15) is 0 Å². The number of ketones is 1. The lowest BCUT2D eigenvalue weighted by Crippen LogP contribution is -2.44. The molecule has 0 spiro atoms. The van der Waals surface area contributed by atoms with Crippen LogP contribution in [0.5, 0.6) is 11.5 Å². The van der Waals surface area contributed by atoms with E-state index in [1.54, 1.807) is 38.5 Å². The predicted molar refractivity (Wildman–Crippen MR) is 108 cm³/mol. The Kier molecular flexibility index (Phi) is 5.99. The Morgan fingerprint density at radius 1 is 1.07 bits per heavy atom. The SMILES string of the molecule is COc1cc2c(cc1OC)CN([C@H](C)C(=O)Nc1cccc(C(C)=O)c1)CC2. The van der Waals surface area contributed by atoms with Crippen molar-refractivity contribution in [3.8, 4) is 11.5 Å². The third-order valence-corrected chi connectivity index (χ3v) is 5.21. The van der Waals surface area contributed by atoms with Gasteiger partial charge in [-0.1, -0.05) is 12.1 Å². The Bertz CT molecular complexity index is 894. The monoisotopic (exact) mass is 382 g/mol. The van der Waals surface area contributed by atoms with Gasteiger partial charge in [0.15, 0.2) is 17.3 Å². The number of hydrogen-bond acceptors (Lipinski definition) is 5. The molecule has 1 aliphatic heterocycles. The van der Waals surface area contributed by atoms with Crippen LogP contribution in [-0.2, 0) is 17.8 Å². The van der Waals surface area contributed by atoms with E-state index in [0.717, 1.165) is 24.3 Å². The number of nitrogens with zero attached hydrogens (tertiary/aromatic N) is 1. The van der Waals surface area contributed by atoms with Gasteiger partial charge in [-0.3, -0.25) is 14.5 Å². The van der Waals surface area contributed by atoms with E-state index in [1.165, 1.54) is 12.5 Å². The van der Waals surface area contributed by atoms with Crippen LogP contribution in [-0.4, -0.2) is 43.4 Å². The van der Waals surface area contributed by atoms with Crippen LogP contribution in [0.2, 0.25) is 0 Å². The molecule has 28 heavy (non-hydrogen) atoms. The minimum Gasteiger partial charge on any atom is -0.493 e. The van der Waals surface area contributed by atoms with Crippen LogP contribution < -0.4 is 14.8 Å². The summed E-state index contributed by atoms with van der Waals surface area (Å²) in [4.78, 5) is 26.4. The molecule has 0 saturated carbocycles. The third kappa shape index (κ3) is 4.17. The molecule has 2 aromatic carbocycles. The fourth-order valence-corrected chi connectivity index (χ4v) is 3.46. The number of Topliss-reactive ketones (excluding diaryl/α,β-unsaturated/α-hetero) is 1. The van der Waals surface area contributed by atoms with Crippen LogP contribution in [0.15, 0.2) is 36.4 Å². The highest BCUT2D eigenvalue weighted by atomic mass is 16.5. The molecule has 6 heteroatoms. The summed E-state index contributed by atoms with van der Waals surface area (Å²) in [5.41, 5.74) is 3.57. The summed E-state index contributed by atoms with van der Waals surface area (Å²) in [7, 11) is 3.25. The van der Waals surface area contributed by atoms with Gasteiger partial charge in [0.2, 0.25) is 5.91 Å². The number of hydrogen-bond donors (Lipinski definition) is 1. The molecule has 2 aromatic rings. The van der Waals surface area contributed by atoms with Crippen LogP contribution in [0.25, 0.3) is 0 Å². The highest BCUT2D eigenvalue weighted by molar-refractivity contribution is 5.98. The first-order valence-corrected chi connectivity index (χ1v) is 9.32. The Morgan fingerprint density at radius 3 is 2.39 bits per heavy atom. The standard InChI is InChI=1S/C22H26N2O4/c1-14(22(26)23-19-7-5-6-16(10-19)15(2)25)24-9-8-17-11-20(27-3)21(28-4)12-18(17)13-24/h5-7,10-12,14H,8-9,13H2,1-4H3,(H,23,26)/t14-/m1/s1. The smallest absolute Gasteiger partial charge is 0.241 e. The Labute approximate surface area is 165 Å². The number of anilines is 1. The first-order valence-electron chi connectivity index (χ1n) is 9.32. The van der Waals surface area contributed by atoms with Crippen LogP contribution in [0, 0.1) is 0 Å². The molecule has 148 valence electrons. The number of carbonyl (C=O) groups excluding carboxylic acids is 2. The van der Waals surface area contributed by atoms with E-state index in [9.17, 15) is 9.59 Å². The zero-order valence-electron chi connectivity index (χ0n) is 16.7. The van der Waals surface area contributed by atoms with Gasteiger partial charge in [-0.15, -0.1) is 0 Å². The number of ether oxygens (including phenoxy) is 2. The van der Waals surface area contributed by atoms with E-state index in [4.69, 9.17) is 9.47 Å². The van der Waals surface area contributed by atoms with E-state index in [-0.39, 0.29) is 17.7 Å². The average Bonchev–Trinajstić information content (AvgIpc) is 2.71. The van der Waals surface area contributed by atoms with Crippen LogP contribution in [0.4, 0.5) is 5.69 Å². The topological polar surface area (TPSA) is 67.9 Å². The van der Waals surface area contributed by atoms with Crippen molar-refractivity contribution < 1.29 is 19.1 Å². The highest BCUT2D eigenvalue weighted by Gasteiger charge is 2.26. The number of carbonyl (C=O) groups is 2. The Hall–Kier alpha value is -2.86. The largest absolute Gasteiger partial charge is 0.493 e. The molecule has 6 nitrogen and oxygen atoms in total. The van der Waals surface area contributed by atoms with Crippen molar-refractivity contribution in [3.63, 3.8) is 0 Å². The summed E-state index contributed by atoms with van der Waals surface area (Å²) >= 11 is 0. The number of nitrogens with one attached hydrogen (secondary N) is 1. The number of methoxy groups -OCH3 is 2. The van der Waals surface area contributed by atoms with Crippen molar-refractivity contribution in [1.82, 2.24) is 4.90 Å². The summed E-state index contributed by atoms with van der Waals surface area (Å²) in [6, 6.07) is 10.7. The fourth-order valence-electron chi connectivity index (χ4n) is 3.46. The zero-order chi connectivity index (χ0) is 20.3. The molecule has 1 N–H and O–H groups in total. The van der Waals surface area contributed by atoms with Crippen molar-refractivity contribution in [2.75, 3.05) is 26.1 Å². The van der Waals surface area contributed by atoms with E-state index in [0.29, 0.717) is 23.5 Å². The molecule has 3 rings (SSSR count). The van der Waals surface area contributed by atoms with Crippen molar-refractivity contribution in [1.29, 1.82) is 0 Å². The summed E-state index contributed by atoms with van der Waals surface area (Å²) in [6.07, 6.45) is 0.840. The molecule has 0 saturated heterocycles. The minimum absolute atomic E-state index is 0.0267. The van der Waals surface area contributed by atoms with Crippen LogP contribution in [0.3, 0.4) is 0 Å². The zero-order valence-corrected chi connectivity index (χ0v) is 16.7. The summed E-state index contributed by atoms with van der Waals surface area (Å²) in [5, 5.41) is 2.92. The van der Waals surface area contributed by atoms with Crippen LogP contribution >= 0.6 is 0 Å². The van der Waals surface area contributed by atoms with Gasteiger partial charge in [0.25, 0.3) is 0 Å².